The molecule has 23 heavy (non-hydrogen) atoms. The molecule has 1 aromatic carbocycles. The number of nitrogens with zero attached hydrogens (tertiary/aromatic N) is 1. The van der Waals surface area contributed by atoms with Crippen molar-refractivity contribution in [3.63, 3.8) is 0 Å². The molecule has 0 bridgehead atoms. The van der Waals surface area contributed by atoms with E-state index in [1.807, 2.05) is 24.3 Å². The fourth-order valence-corrected chi connectivity index (χ4v) is 3.05. The van der Waals surface area contributed by atoms with Gasteiger partial charge in [-0.2, -0.15) is 0 Å². The van der Waals surface area contributed by atoms with Crippen molar-refractivity contribution in [2.75, 3.05) is 26.2 Å². The minimum atomic E-state index is 0.0848. The van der Waals surface area contributed by atoms with Gasteiger partial charge in [0.05, 0.1) is 6.10 Å². The lowest BCUT2D eigenvalue weighted by molar-refractivity contribution is -0.121. The minimum Gasteiger partial charge on any atom is -0.377 e. The van der Waals surface area contributed by atoms with Crippen LogP contribution in [0.1, 0.15) is 38.2 Å². The summed E-state index contributed by atoms with van der Waals surface area (Å²) in [6.45, 7) is 6.30. The van der Waals surface area contributed by atoms with E-state index in [2.05, 4.69) is 17.1 Å². The van der Waals surface area contributed by atoms with Crippen LogP contribution in [-0.2, 0) is 16.1 Å². The van der Waals surface area contributed by atoms with E-state index in [9.17, 15) is 4.79 Å². The number of likely N-dealkylation sites (tertiary alicyclic amines) is 1. The molecule has 1 fully saturated rings. The lowest BCUT2D eigenvalue weighted by atomic mass is 10.1. The zero-order valence-corrected chi connectivity index (χ0v) is 14.6. The van der Waals surface area contributed by atoms with Gasteiger partial charge in [0.25, 0.3) is 0 Å². The average molecular weight is 339 g/mol. The highest BCUT2D eigenvalue weighted by Crippen LogP contribution is 2.14. The van der Waals surface area contributed by atoms with E-state index in [0.29, 0.717) is 24.1 Å². The van der Waals surface area contributed by atoms with Crippen molar-refractivity contribution in [1.29, 1.82) is 0 Å². The van der Waals surface area contributed by atoms with Crippen LogP contribution < -0.4 is 5.32 Å². The Morgan fingerprint density at radius 3 is 3.13 bits per heavy atom. The summed E-state index contributed by atoms with van der Waals surface area (Å²) >= 11 is 5.94. The van der Waals surface area contributed by atoms with Gasteiger partial charge in [-0.25, -0.2) is 0 Å². The number of rotatable bonds is 8. The average Bonchev–Trinajstić information content (AvgIpc) is 2.57. The van der Waals surface area contributed by atoms with Crippen LogP contribution in [0.5, 0.6) is 0 Å². The molecule has 1 aliphatic rings. The zero-order chi connectivity index (χ0) is 16.5. The maximum absolute atomic E-state index is 12.0. The Bertz CT molecular complexity index is 496. The molecule has 1 atom stereocenters. The summed E-state index contributed by atoms with van der Waals surface area (Å²) in [6, 6.07) is 7.57. The first kappa shape index (κ1) is 18.2. The Morgan fingerprint density at radius 2 is 2.35 bits per heavy atom. The van der Waals surface area contributed by atoms with E-state index in [1.165, 1.54) is 0 Å². The van der Waals surface area contributed by atoms with Gasteiger partial charge in [-0.1, -0.05) is 30.7 Å². The van der Waals surface area contributed by atoms with E-state index in [0.717, 1.165) is 51.1 Å². The highest BCUT2D eigenvalue weighted by molar-refractivity contribution is 6.30. The molecule has 0 aromatic heterocycles. The van der Waals surface area contributed by atoms with Gasteiger partial charge in [0.1, 0.15) is 0 Å². The van der Waals surface area contributed by atoms with Crippen molar-refractivity contribution in [2.24, 2.45) is 0 Å². The molecule has 0 saturated carbocycles. The van der Waals surface area contributed by atoms with Gasteiger partial charge in [-0.05, 0) is 43.5 Å². The second-order valence-corrected chi connectivity index (χ2v) is 6.53. The molecule has 1 aliphatic heterocycles. The van der Waals surface area contributed by atoms with Crippen LogP contribution in [-0.4, -0.2) is 43.2 Å². The molecule has 1 amide bonds. The van der Waals surface area contributed by atoms with Crippen LogP contribution >= 0.6 is 11.6 Å². The van der Waals surface area contributed by atoms with Gasteiger partial charge in [0.15, 0.2) is 0 Å². The summed E-state index contributed by atoms with van der Waals surface area (Å²) in [7, 11) is 0. The lowest BCUT2D eigenvalue weighted by Gasteiger charge is -2.32. The third-order valence-electron chi connectivity index (χ3n) is 4.05. The number of hydrogen-bond donors (Lipinski definition) is 1. The first-order chi connectivity index (χ1) is 11.2. The normalized spacial score (nSPS) is 18.8. The zero-order valence-electron chi connectivity index (χ0n) is 13.9. The van der Waals surface area contributed by atoms with Crippen LogP contribution in [0.2, 0.25) is 5.02 Å². The number of carbonyl (C=O) groups excluding carboxylic acids is 1. The van der Waals surface area contributed by atoms with E-state index >= 15 is 0 Å². The summed E-state index contributed by atoms with van der Waals surface area (Å²) in [5.41, 5.74) is 1.02. The van der Waals surface area contributed by atoms with Crippen LogP contribution in [0.25, 0.3) is 0 Å². The van der Waals surface area contributed by atoms with Gasteiger partial charge >= 0.3 is 0 Å². The molecule has 2 rings (SSSR count). The maximum Gasteiger partial charge on any atom is 0.221 e. The molecule has 0 unspecified atom stereocenters. The van der Waals surface area contributed by atoms with E-state index in [4.69, 9.17) is 16.3 Å². The van der Waals surface area contributed by atoms with E-state index in [-0.39, 0.29) is 5.91 Å². The molecule has 1 saturated heterocycles. The molecule has 0 radical (unpaired) electrons. The third-order valence-corrected chi connectivity index (χ3v) is 4.29. The SMILES string of the molecule is CCCO[C@@H]1CCCN(CCC(=O)NCc2cccc(Cl)c2)C1. The van der Waals surface area contributed by atoms with Crippen LogP contribution in [0.3, 0.4) is 0 Å². The summed E-state index contributed by atoms with van der Waals surface area (Å²) in [4.78, 5) is 14.3. The highest BCUT2D eigenvalue weighted by Gasteiger charge is 2.20. The molecule has 128 valence electrons. The van der Waals surface area contributed by atoms with Crippen molar-refractivity contribution >= 4 is 17.5 Å². The number of carbonyl (C=O) groups is 1. The fourth-order valence-electron chi connectivity index (χ4n) is 2.83. The Balaban J connectivity index is 1.65. The molecule has 1 heterocycles. The first-order valence-electron chi connectivity index (χ1n) is 8.52. The van der Waals surface area contributed by atoms with Crippen LogP contribution in [0.4, 0.5) is 0 Å². The lowest BCUT2D eigenvalue weighted by Crippen LogP contribution is -2.41. The largest absolute Gasteiger partial charge is 0.377 e. The van der Waals surface area contributed by atoms with Crippen molar-refractivity contribution in [3.05, 3.63) is 34.9 Å². The van der Waals surface area contributed by atoms with Gasteiger partial charge < -0.3 is 15.0 Å². The summed E-state index contributed by atoms with van der Waals surface area (Å²) < 4.78 is 5.83. The predicted molar refractivity (Wildman–Crippen MR) is 93.6 cm³/mol. The molecule has 1 N–H and O–H groups in total. The minimum absolute atomic E-state index is 0.0848. The summed E-state index contributed by atoms with van der Waals surface area (Å²) in [6.07, 6.45) is 4.21. The Kier molecular flexibility index (Phi) is 7.86. The molecule has 0 spiro atoms. The van der Waals surface area contributed by atoms with Gasteiger partial charge in [-0.3, -0.25) is 4.79 Å². The predicted octanol–water partition coefficient (Wildman–Crippen LogP) is 3.24. The van der Waals surface area contributed by atoms with Gasteiger partial charge in [0.2, 0.25) is 5.91 Å². The van der Waals surface area contributed by atoms with Crippen molar-refractivity contribution in [2.45, 2.75) is 45.3 Å². The standard InChI is InChI=1S/C18H27ClN2O2/c1-2-11-23-17-7-4-9-21(14-17)10-8-18(22)20-13-15-5-3-6-16(19)12-15/h3,5-6,12,17H,2,4,7-11,13-14H2,1H3,(H,20,22)/t17-/m1/s1. The van der Waals surface area contributed by atoms with Crippen molar-refractivity contribution < 1.29 is 9.53 Å². The quantitative estimate of drug-likeness (QED) is 0.791. The summed E-state index contributed by atoms with van der Waals surface area (Å²) in [5.74, 6) is 0.0848. The Hall–Kier alpha value is -1.10. The second kappa shape index (κ2) is 9.91. The van der Waals surface area contributed by atoms with Gasteiger partial charge in [0, 0.05) is 37.7 Å². The van der Waals surface area contributed by atoms with E-state index < -0.39 is 0 Å². The topological polar surface area (TPSA) is 41.6 Å². The number of halogens is 1. The monoisotopic (exact) mass is 338 g/mol. The molecule has 4 nitrogen and oxygen atoms in total. The van der Waals surface area contributed by atoms with Crippen molar-refractivity contribution in [1.82, 2.24) is 10.2 Å². The number of nitrogens with one attached hydrogen (secondary N) is 1. The van der Waals surface area contributed by atoms with E-state index in [1.54, 1.807) is 0 Å². The van der Waals surface area contributed by atoms with Crippen molar-refractivity contribution in [3.8, 4) is 0 Å². The number of hydrogen-bond acceptors (Lipinski definition) is 3. The summed E-state index contributed by atoms with van der Waals surface area (Å²) in [5, 5.41) is 3.65. The maximum atomic E-state index is 12.0. The Labute approximate surface area is 144 Å². The van der Waals surface area contributed by atoms with Crippen LogP contribution in [0.15, 0.2) is 24.3 Å². The molecule has 1 aromatic rings. The molecule has 5 heteroatoms. The van der Waals surface area contributed by atoms with Crippen LogP contribution in [0, 0.1) is 0 Å². The second-order valence-electron chi connectivity index (χ2n) is 6.09. The third kappa shape index (κ3) is 6.90. The van der Waals surface area contributed by atoms with Gasteiger partial charge in [-0.15, -0.1) is 0 Å². The first-order valence-corrected chi connectivity index (χ1v) is 8.90. The number of benzene rings is 1. The highest BCUT2D eigenvalue weighted by atomic mass is 35.5. The Morgan fingerprint density at radius 1 is 1.48 bits per heavy atom. The smallest absolute Gasteiger partial charge is 0.221 e. The molecule has 0 aliphatic carbocycles. The number of piperidine rings is 1. The fraction of sp³-hybridized carbons (Fsp3) is 0.611. The molecular formula is C18H27ClN2O2. The number of amides is 1. The molecular weight excluding hydrogens is 312 g/mol. The number of ether oxygens (including phenoxy) is 1.